The lowest BCUT2D eigenvalue weighted by Crippen LogP contribution is -2.37. The summed E-state index contributed by atoms with van der Waals surface area (Å²) in [5.41, 5.74) is 1.04. The van der Waals surface area contributed by atoms with Gasteiger partial charge in [-0.05, 0) is 33.6 Å². The van der Waals surface area contributed by atoms with E-state index in [1.54, 1.807) is 0 Å². The van der Waals surface area contributed by atoms with Gasteiger partial charge in [0.05, 0.1) is 0 Å². The van der Waals surface area contributed by atoms with Gasteiger partial charge in [-0.1, -0.05) is 19.3 Å². The number of nitrogens with zero attached hydrogens (tertiary/aromatic N) is 3. The second kappa shape index (κ2) is 6.73. The van der Waals surface area contributed by atoms with Crippen LogP contribution in [0.2, 0.25) is 0 Å². The molecule has 0 radical (unpaired) electrons. The number of aryl methyl sites for hydroxylation is 1. The Balaban J connectivity index is 2.21. The van der Waals surface area contributed by atoms with Crippen molar-refractivity contribution in [2.75, 3.05) is 23.3 Å². The molecule has 1 heterocycles. The summed E-state index contributed by atoms with van der Waals surface area (Å²) in [5, 5.41) is 3.22. The molecule has 0 saturated heterocycles. The molecule has 106 valence electrons. The van der Waals surface area contributed by atoms with Crippen molar-refractivity contribution >= 4 is 11.8 Å². The lowest BCUT2D eigenvalue weighted by molar-refractivity contribution is 0.416. The van der Waals surface area contributed by atoms with Gasteiger partial charge in [0.1, 0.15) is 5.82 Å². The fraction of sp³-hybridized carbons (Fsp3) is 0.733. The Hall–Kier alpha value is -1.32. The molecule has 0 amide bonds. The Kier molecular flexibility index (Phi) is 5.00. The maximum atomic E-state index is 4.67. The highest BCUT2D eigenvalue weighted by molar-refractivity contribution is 5.45. The zero-order chi connectivity index (χ0) is 13.7. The number of hydrogen-bond acceptors (Lipinski definition) is 4. The van der Waals surface area contributed by atoms with Crippen molar-refractivity contribution in [2.45, 2.75) is 58.9 Å². The second-order valence-corrected chi connectivity index (χ2v) is 5.30. The third-order valence-electron chi connectivity index (χ3n) is 3.83. The van der Waals surface area contributed by atoms with Gasteiger partial charge >= 0.3 is 0 Å². The van der Waals surface area contributed by atoms with Crippen LogP contribution in [0.4, 0.5) is 11.8 Å². The monoisotopic (exact) mass is 262 g/mol. The summed E-state index contributed by atoms with van der Waals surface area (Å²) in [7, 11) is 0. The average molecular weight is 262 g/mol. The minimum Gasteiger partial charge on any atom is -0.354 e. The molecular formula is C15H26N4. The molecule has 0 spiro atoms. The molecule has 4 nitrogen and oxygen atoms in total. The number of anilines is 2. The molecule has 1 aromatic rings. The van der Waals surface area contributed by atoms with Crippen molar-refractivity contribution in [2.24, 2.45) is 0 Å². The van der Waals surface area contributed by atoms with Crippen molar-refractivity contribution in [3.63, 3.8) is 0 Å². The highest BCUT2D eigenvalue weighted by atomic mass is 15.2. The Labute approximate surface area is 116 Å². The number of aromatic nitrogens is 2. The summed E-state index contributed by atoms with van der Waals surface area (Å²) in [5.74, 6) is 1.84. The molecule has 4 heteroatoms. The first-order valence-electron chi connectivity index (χ1n) is 7.60. The molecule has 0 bridgehead atoms. The average Bonchev–Trinajstić information content (AvgIpc) is 2.40. The van der Waals surface area contributed by atoms with Gasteiger partial charge in [-0.15, -0.1) is 0 Å². The largest absolute Gasteiger partial charge is 0.354 e. The minimum absolute atomic E-state index is 0.655. The van der Waals surface area contributed by atoms with Gasteiger partial charge < -0.3 is 10.2 Å². The van der Waals surface area contributed by atoms with Crippen LogP contribution in [0.1, 0.15) is 51.6 Å². The van der Waals surface area contributed by atoms with Crippen molar-refractivity contribution in [3.05, 3.63) is 11.8 Å². The number of rotatable bonds is 5. The Morgan fingerprint density at radius 2 is 1.95 bits per heavy atom. The van der Waals surface area contributed by atoms with Gasteiger partial charge in [-0.2, -0.15) is 4.98 Å². The highest BCUT2D eigenvalue weighted by Gasteiger charge is 2.21. The third kappa shape index (κ3) is 3.58. The number of hydrogen-bond donors (Lipinski definition) is 1. The van der Waals surface area contributed by atoms with Gasteiger partial charge in [0.15, 0.2) is 0 Å². The van der Waals surface area contributed by atoms with Crippen molar-refractivity contribution in [1.82, 2.24) is 9.97 Å². The molecule has 0 aliphatic heterocycles. The van der Waals surface area contributed by atoms with E-state index >= 15 is 0 Å². The van der Waals surface area contributed by atoms with E-state index in [4.69, 9.17) is 0 Å². The van der Waals surface area contributed by atoms with E-state index in [-0.39, 0.29) is 0 Å². The van der Waals surface area contributed by atoms with Crippen LogP contribution in [0.25, 0.3) is 0 Å². The van der Waals surface area contributed by atoms with Crippen LogP contribution in [0.3, 0.4) is 0 Å². The molecule has 19 heavy (non-hydrogen) atoms. The van der Waals surface area contributed by atoms with Crippen LogP contribution in [0.5, 0.6) is 0 Å². The van der Waals surface area contributed by atoms with E-state index in [9.17, 15) is 0 Å². The van der Waals surface area contributed by atoms with E-state index in [0.717, 1.165) is 30.5 Å². The summed E-state index contributed by atoms with van der Waals surface area (Å²) in [6.45, 7) is 8.22. The molecule has 2 rings (SSSR count). The summed E-state index contributed by atoms with van der Waals surface area (Å²) in [6.07, 6.45) is 6.69. The second-order valence-electron chi connectivity index (χ2n) is 5.30. The third-order valence-corrected chi connectivity index (χ3v) is 3.83. The Morgan fingerprint density at radius 1 is 1.21 bits per heavy atom. The maximum Gasteiger partial charge on any atom is 0.224 e. The summed E-state index contributed by atoms with van der Waals surface area (Å²) >= 11 is 0. The van der Waals surface area contributed by atoms with Gasteiger partial charge in [0.2, 0.25) is 5.95 Å². The van der Waals surface area contributed by atoms with Gasteiger partial charge in [-0.25, -0.2) is 4.98 Å². The van der Waals surface area contributed by atoms with Crippen LogP contribution in [0.15, 0.2) is 6.07 Å². The van der Waals surface area contributed by atoms with Gasteiger partial charge in [-0.3, -0.25) is 0 Å². The van der Waals surface area contributed by atoms with Crippen LogP contribution in [-0.4, -0.2) is 29.1 Å². The first-order valence-corrected chi connectivity index (χ1v) is 7.60. The van der Waals surface area contributed by atoms with Gasteiger partial charge in [0.25, 0.3) is 0 Å². The summed E-state index contributed by atoms with van der Waals surface area (Å²) < 4.78 is 0. The van der Waals surface area contributed by atoms with Crippen LogP contribution in [0, 0.1) is 6.92 Å². The van der Waals surface area contributed by atoms with E-state index in [2.05, 4.69) is 40.1 Å². The SMILES string of the molecule is CCNc1nc(C)cc(N(CC)C2CCCCC2)n1. The molecule has 0 unspecified atom stereocenters. The first-order chi connectivity index (χ1) is 9.24. The molecule has 1 aliphatic rings. The van der Waals surface area contributed by atoms with E-state index in [1.807, 2.05) is 6.92 Å². The topological polar surface area (TPSA) is 41.1 Å². The van der Waals surface area contributed by atoms with Gasteiger partial charge in [0, 0.05) is 30.9 Å². The van der Waals surface area contributed by atoms with E-state index < -0.39 is 0 Å². The Bertz CT molecular complexity index is 399. The fourth-order valence-electron chi connectivity index (χ4n) is 2.94. The Morgan fingerprint density at radius 3 is 2.58 bits per heavy atom. The molecule has 0 aromatic carbocycles. The summed E-state index contributed by atoms with van der Waals surface area (Å²) in [6, 6.07) is 2.77. The predicted octanol–water partition coefficient (Wildman–Crippen LogP) is 3.38. The standard InChI is InChI=1S/C15H26N4/c1-4-16-15-17-12(3)11-14(18-15)19(5-2)13-9-7-6-8-10-13/h11,13H,4-10H2,1-3H3,(H,16,17,18). The van der Waals surface area contributed by atoms with Crippen LogP contribution in [-0.2, 0) is 0 Å². The molecule has 1 fully saturated rings. The van der Waals surface area contributed by atoms with Crippen LogP contribution >= 0.6 is 0 Å². The summed E-state index contributed by atoms with van der Waals surface area (Å²) in [4.78, 5) is 11.6. The van der Waals surface area contributed by atoms with Crippen molar-refractivity contribution in [1.29, 1.82) is 0 Å². The lowest BCUT2D eigenvalue weighted by atomic mass is 9.94. The van der Waals surface area contributed by atoms with E-state index in [1.165, 1.54) is 32.1 Å². The molecule has 1 aromatic heterocycles. The zero-order valence-electron chi connectivity index (χ0n) is 12.4. The maximum absolute atomic E-state index is 4.67. The predicted molar refractivity (Wildman–Crippen MR) is 80.8 cm³/mol. The smallest absolute Gasteiger partial charge is 0.224 e. The quantitative estimate of drug-likeness (QED) is 0.883. The molecule has 0 atom stereocenters. The van der Waals surface area contributed by atoms with E-state index in [0.29, 0.717) is 6.04 Å². The molecule has 1 N–H and O–H groups in total. The molecular weight excluding hydrogens is 236 g/mol. The van der Waals surface area contributed by atoms with Crippen molar-refractivity contribution < 1.29 is 0 Å². The zero-order valence-corrected chi connectivity index (χ0v) is 12.4. The molecule has 1 aliphatic carbocycles. The van der Waals surface area contributed by atoms with Crippen molar-refractivity contribution in [3.8, 4) is 0 Å². The minimum atomic E-state index is 0.655. The fourth-order valence-corrected chi connectivity index (χ4v) is 2.94. The van der Waals surface area contributed by atoms with Crippen LogP contribution < -0.4 is 10.2 Å². The highest BCUT2D eigenvalue weighted by Crippen LogP contribution is 2.26. The normalized spacial score (nSPS) is 16.4. The molecule has 1 saturated carbocycles. The lowest BCUT2D eigenvalue weighted by Gasteiger charge is -2.34. The number of nitrogens with one attached hydrogen (secondary N) is 1. The first kappa shape index (κ1) is 14.1.